The predicted molar refractivity (Wildman–Crippen MR) is 85.3 cm³/mol. The molecular weight excluding hydrogens is 379 g/mol. The molecule has 0 fully saturated rings. The van der Waals surface area contributed by atoms with Crippen LogP contribution in [0, 0.1) is 3.57 Å². The van der Waals surface area contributed by atoms with Gasteiger partial charge >= 0.3 is 5.97 Å². The SMILES string of the molecule is Nc1ccc(Nc2ccc(I)cc2Cl)cc1C(=O)O. The first-order valence-corrected chi connectivity index (χ1v) is 6.78. The number of carbonyl (C=O) groups is 1. The van der Waals surface area contributed by atoms with E-state index in [4.69, 9.17) is 22.4 Å². The van der Waals surface area contributed by atoms with Crippen LogP contribution < -0.4 is 11.1 Å². The first kappa shape index (κ1) is 14.0. The second-order valence-corrected chi connectivity index (χ2v) is 5.51. The van der Waals surface area contributed by atoms with Crippen molar-refractivity contribution < 1.29 is 9.90 Å². The smallest absolute Gasteiger partial charge is 0.337 e. The molecule has 2 aromatic carbocycles. The molecule has 0 aromatic heterocycles. The van der Waals surface area contributed by atoms with Gasteiger partial charge in [-0.1, -0.05) is 11.6 Å². The molecule has 0 spiro atoms. The molecular formula is C13H10ClIN2O2. The van der Waals surface area contributed by atoms with Gasteiger partial charge in [-0.3, -0.25) is 0 Å². The van der Waals surface area contributed by atoms with Crippen molar-refractivity contribution in [2.75, 3.05) is 11.1 Å². The number of nitrogens with two attached hydrogens (primary N) is 1. The Morgan fingerprint density at radius 3 is 2.63 bits per heavy atom. The molecule has 98 valence electrons. The van der Waals surface area contributed by atoms with Gasteiger partial charge in [-0.15, -0.1) is 0 Å². The lowest BCUT2D eigenvalue weighted by Crippen LogP contribution is -2.03. The van der Waals surface area contributed by atoms with E-state index in [9.17, 15) is 4.79 Å². The Morgan fingerprint density at radius 1 is 1.26 bits per heavy atom. The topological polar surface area (TPSA) is 75.3 Å². The monoisotopic (exact) mass is 388 g/mol. The van der Waals surface area contributed by atoms with Crippen LogP contribution in [0.3, 0.4) is 0 Å². The quantitative estimate of drug-likeness (QED) is 0.549. The molecule has 2 aromatic rings. The van der Waals surface area contributed by atoms with Crippen molar-refractivity contribution in [3.8, 4) is 0 Å². The highest BCUT2D eigenvalue weighted by atomic mass is 127. The van der Waals surface area contributed by atoms with E-state index in [0.717, 1.165) is 3.57 Å². The first-order chi connectivity index (χ1) is 8.97. The third-order valence-corrected chi connectivity index (χ3v) is 3.48. The van der Waals surface area contributed by atoms with Crippen LogP contribution in [0.1, 0.15) is 10.4 Å². The number of nitrogen functional groups attached to an aromatic ring is 1. The lowest BCUT2D eigenvalue weighted by atomic mass is 10.1. The number of anilines is 3. The highest BCUT2D eigenvalue weighted by Gasteiger charge is 2.09. The molecule has 0 aliphatic heterocycles. The Hall–Kier alpha value is -1.47. The molecule has 0 amide bonds. The number of halogens is 2. The fourth-order valence-electron chi connectivity index (χ4n) is 1.57. The van der Waals surface area contributed by atoms with E-state index in [2.05, 4.69) is 27.9 Å². The summed E-state index contributed by atoms with van der Waals surface area (Å²) < 4.78 is 1.02. The summed E-state index contributed by atoms with van der Waals surface area (Å²) >= 11 is 8.27. The minimum atomic E-state index is -1.06. The Morgan fingerprint density at radius 2 is 2.00 bits per heavy atom. The molecule has 4 N–H and O–H groups in total. The lowest BCUT2D eigenvalue weighted by molar-refractivity contribution is 0.0698. The van der Waals surface area contributed by atoms with Gasteiger partial charge in [-0.2, -0.15) is 0 Å². The Kier molecular flexibility index (Phi) is 4.16. The van der Waals surface area contributed by atoms with Crippen LogP contribution in [0.2, 0.25) is 5.02 Å². The van der Waals surface area contributed by atoms with Gasteiger partial charge in [0.05, 0.1) is 16.3 Å². The van der Waals surface area contributed by atoms with Gasteiger partial charge < -0.3 is 16.2 Å². The largest absolute Gasteiger partial charge is 0.478 e. The van der Waals surface area contributed by atoms with Gasteiger partial charge in [-0.25, -0.2) is 4.79 Å². The minimum Gasteiger partial charge on any atom is -0.478 e. The Balaban J connectivity index is 2.33. The number of carboxylic acid groups (broad SMARTS) is 1. The molecule has 0 saturated heterocycles. The molecule has 0 saturated carbocycles. The van der Waals surface area contributed by atoms with E-state index in [1.807, 2.05) is 18.2 Å². The number of benzene rings is 2. The number of rotatable bonds is 3. The van der Waals surface area contributed by atoms with Crippen molar-refractivity contribution in [1.82, 2.24) is 0 Å². The third-order valence-electron chi connectivity index (χ3n) is 2.49. The average molecular weight is 389 g/mol. The van der Waals surface area contributed by atoms with E-state index in [0.29, 0.717) is 16.4 Å². The van der Waals surface area contributed by atoms with Gasteiger partial charge in [0, 0.05) is 14.9 Å². The molecule has 0 aliphatic rings. The zero-order valence-electron chi connectivity index (χ0n) is 9.65. The van der Waals surface area contributed by atoms with Crippen LogP contribution in [-0.4, -0.2) is 11.1 Å². The lowest BCUT2D eigenvalue weighted by Gasteiger charge is -2.10. The maximum atomic E-state index is 11.0. The Labute approximate surface area is 128 Å². The normalized spacial score (nSPS) is 10.2. The average Bonchev–Trinajstić information content (AvgIpc) is 2.34. The third kappa shape index (κ3) is 3.30. The summed E-state index contributed by atoms with van der Waals surface area (Å²) in [6.07, 6.45) is 0. The van der Waals surface area contributed by atoms with Crippen molar-refractivity contribution in [2.45, 2.75) is 0 Å². The van der Waals surface area contributed by atoms with Crippen molar-refractivity contribution in [2.24, 2.45) is 0 Å². The van der Waals surface area contributed by atoms with Gasteiger partial charge in [0.15, 0.2) is 0 Å². The first-order valence-electron chi connectivity index (χ1n) is 5.32. The molecule has 0 atom stereocenters. The molecule has 0 radical (unpaired) electrons. The number of hydrogen-bond donors (Lipinski definition) is 3. The highest BCUT2D eigenvalue weighted by Crippen LogP contribution is 2.28. The number of carboxylic acids is 1. The summed E-state index contributed by atoms with van der Waals surface area (Å²) in [5, 5.41) is 12.7. The summed E-state index contributed by atoms with van der Waals surface area (Å²) in [4.78, 5) is 11.0. The Bertz CT molecular complexity index is 647. The maximum absolute atomic E-state index is 11.0. The minimum absolute atomic E-state index is 0.0617. The molecule has 2 rings (SSSR count). The van der Waals surface area contributed by atoms with Crippen LogP contribution in [0.25, 0.3) is 0 Å². The predicted octanol–water partition coefficient (Wildman–Crippen LogP) is 3.97. The standard InChI is InChI=1S/C13H10ClIN2O2/c14-10-5-7(15)1-4-12(10)17-8-2-3-11(16)9(6-8)13(18)19/h1-6,17H,16H2,(H,18,19). The summed E-state index contributed by atoms with van der Waals surface area (Å²) in [6.45, 7) is 0. The molecule has 4 nitrogen and oxygen atoms in total. The highest BCUT2D eigenvalue weighted by molar-refractivity contribution is 14.1. The van der Waals surface area contributed by atoms with E-state index < -0.39 is 5.97 Å². The van der Waals surface area contributed by atoms with Crippen LogP contribution in [0.15, 0.2) is 36.4 Å². The fourth-order valence-corrected chi connectivity index (χ4v) is 2.47. The summed E-state index contributed by atoms with van der Waals surface area (Å²) in [6, 6.07) is 10.3. The maximum Gasteiger partial charge on any atom is 0.337 e. The van der Waals surface area contributed by atoms with Gasteiger partial charge in [0.2, 0.25) is 0 Å². The van der Waals surface area contributed by atoms with Crippen molar-refractivity contribution >= 4 is 57.2 Å². The van der Waals surface area contributed by atoms with Crippen molar-refractivity contribution in [3.05, 3.63) is 50.6 Å². The van der Waals surface area contributed by atoms with E-state index >= 15 is 0 Å². The summed E-state index contributed by atoms with van der Waals surface area (Å²) in [5.41, 5.74) is 7.22. The molecule has 0 unspecified atom stereocenters. The molecule has 0 heterocycles. The number of hydrogen-bond acceptors (Lipinski definition) is 3. The van der Waals surface area contributed by atoms with E-state index in [1.54, 1.807) is 12.1 Å². The van der Waals surface area contributed by atoms with Gasteiger partial charge in [-0.05, 0) is 59.0 Å². The summed E-state index contributed by atoms with van der Waals surface area (Å²) in [5.74, 6) is -1.06. The second-order valence-electron chi connectivity index (χ2n) is 3.86. The molecule has 19 heavy (non-hydrogen) atoms. The number of aromatic carboxylic acids is 1. The van der Waals surface area contributed by atoms with E-state index in [-0.39, 0.29) is 11.3 Å². The molecule has 0 bridgehead atoms. The fraction of sp³-hybridized carbons (Fsp3) is 0. The molecule has 0 aliphatic carbocycles. The van der Waals surface area contributed by atoms with Gasteiger partial charge in [0.1, 0.15) is 0 Å². The molecule has 6 heteroatoms. The van der Waals surface area contributed by atoms with Crippen molar-refractivity contribution in [1.29, 1.82) is 0 Å². The van der Waals surface area contributed by atoms with E-state index in [1.165, 1.54) is 6.07 Å². The van der Waals surface area contributed by atoms with Crippen LogP contribution >= 0.6 is 34.2 Å². The van der Waals surface area contributed by atoms with Crippen LogP contribution in [0.5, 0.6) is 0 Å². The zero-order valence-corrected chi connectivity index (χ0v) is 12.6. The van der Waals surface area contributed by atoms with Gasteiger partial charge in [0.25, 0.3) is 0 Å². The van der Waals surface area contributed by atoms with Crippen LogP contribution in [0.4, 0.5) is 17.1 Å². The summed E-state index contributed by atoms with van der Waals surface area (Å²) in [7, 11) is 0. The zero-order chi connectivity index (χ0) is 14.0. The second kappa shape index (κ2) is 5.66. The number of nitrogens with one attached hydrogen (secondary N) is 1. The van der Waals surface area contributed by atoms with Crippen LogP contribution in [-0.2, 0) is 0 Å². The van der Waals surface area contributed by atoms with Crippen molar-refractivity contribution in [3.63, 3.8) is 0 Å².